The second-order valence-corrected chi connectivity index (χ2v) is 10.2. The predicted octanol–water partition coefficient (Wildman–Crippen LogP) is 3.82. The highest BCUT2D eigenvalue weighted by Crippen LogP contribution is 2.55. The molecule has 0 unspecified atom stereocenters. The molecule has 0 radical (unpaired) electrons. The first-order valence-electron chi connectivity index (χ1n) is 12.3. The number of primary amides is 1. The van der Waals surface area contributed by atoms with Gasteiger partial charge in [0.05, 0.1) is 23.0 Å². The first-order chi connectivity index (χ1) is 17.8. The van der Waals surface area contributed by atoms with Crippen LogP contribution in [-0.4, -0.2) is 31.1 Å². The number of hydrogen-bond donors (Lipinski definition) is 2. The minimum atomic E-state index is -1.11. The number of carbonyl (C=O) groups is 1. The lowest BCUT2D eigenvalue weighted by Gasteiger charge is -2.35. The van der Waals surface area contributed by atoms with Crippen LogP contribution in [0.2, 0.25) is 0 Å². The van der Waals surface area contributed by atoms with Crippen LogP contribution in [0.4, 0.5) is 8.78 Å². The smallest absolute Gasteiger partial charge is 0.269 e. The Hall–Kier alpha value is -3.81. The number of fused-ring (bicyclic) bond motifs is 1. The van der Waals surface area contributed by atoms with Crippen LogP contribution in [0.15, 0.2) is 24.4 Å². The molecule has 2 bridgehead atoms. The molecule has 2 fully saturated rings. The number of nitrogens with two attached hydrogens (primary N) is 1. The normalized spacial score (nSPS) is 24.0. The monoisotopic (exact) mass is 504 g/mol. The lowest BCUT2D eigenvalue weighted by atomic mass is 9.75. The van der Waals surface area contributed by atoms with Gasteiger partial charge in [0.25, 0.3) is 11.8 Å². The van der Waals surface area contributed by atoms with Gasteiger partial charge in [0.1, 0.15) is 23.1 Å². The molecule has 10 heteroatoms. The number of aromatic nitrogens is 3. The van der Waals surface area contributed by atoms with Gasteiger partial charge in [0.15, 0.2) is 11.8 Å². The second-order valence-electron chi connectivity index (χ2n) is 10.2. The number of pyridine rings is 1. The van der Waals surface area contributed by atoms with Gasteiger partial charge in [-0.3, -0.25) is 4.79 Å². The van der Waals surface area contributed by atoms with Crippen molar-refractivity contribution in [2.45, 2.75) is 62.2 Å². The first-order valence-corrected chi connectivity index (χ1v) is 12.3. The number of aliphatic hydroxyl groups is 1. The van der Waals surface area contributed by atoms with Gasteiger partial charge >= 0.3 is 0 Å². The molecule has 5 aliphatic rings. The van der Waals surface area contributed by atoms with E-state index in [9.17, 15) is 14.3 Å². The minimum Gasteiger partial charge on any atom is -0.378 e. The Bertz CT molecular complexity index is 1540. The van der Waals surface area contributed by atoms with Gasteiger partial charge < -0.3 is 20.3 Å². The van der Waals surface area contributed by atoms with E-state index in [0.29, 0.717) is 48.3 Å². The number of nitrogens with zero attached hydrogens (tertiary/aromatic N) is 3. The first kappa shape index (κ1) is 22.4. The number of carbonyl (C=O) groups excluding carboxylic acids is 1. The van der Waals surface area contributed by atoms with E-state index < -0.39 is 29.2 Å². The van der Waals surface area contributed by atoms with Crippen molar-refractivity contribution >= 4 is 5.91 Å². The topological polar surface area (TPSA) is 112 Å². The van der Waals surface area contributed by atoms with E-state index in [1.807, 2.05) is 4.57 Å². The van der Waals surface area contributed by atoms with Crippen molar-refractivity contribution in [2.24, 2.45) is 5.73 Å². The van der Waals surface area contributed by atoms with Gasteiger partial charge in [-0.1, -0.05) is 11.8 Å². The highest BCUT2D eigenvalue weighted by atomic mass is 19.1. The summed E-state index contributed by atoms with van der Waals surface area (Å²) in [5.74, 6) is 4.53. The molecular formula is C27H22F2N4O4. The SMILES string of the molecule is NC(=O)c1nc2n(c1[C@H]1OOc3ncc(F)cc31)C1CC(C1)c1cc(F)c(C#CC3(O)CCCC3)cc1-2. The van der Waals surface area contributed by atoms with Crippen LogP contribution in [0.1, 0.15) is 89.5 Å². The van der Waals surface area contributed by atoms with Crippen molar-refractivity contribution in [2.75, 3.05) is 0 Å². The summed E-state index contributed by atoms with van der Waals surface area (Å²) >= 11 is 0. The van der Waals surface area contributed by atoms with E-state index in [1.54, 1.807) is 6.07 Å². The fraction of sp³-hybridized carbons (Fsp3) is 0.370. The van der Waals surface area contributed by atoms with Gasteiger partial charge in [-0.05, 0) is 68.2 Å². The largest absolute Gasteiger partial charge is 0.378 e. The maximum atomic E-state index is 15.2. The summed E-state index contributed by atoms with van der Waals surface area (Å²) in [7, 11) is 0. The van der Waals surface area contributed by atoms with E-state index >= 15 is 4.39 Å². The molecule has 0 saturated heterocycles. The molecule has 37 heavy (non-hydrogen) atoms. The molecule has 8 nitrogen and oxygen atoms in total. The molecule has 1 amide bonds. The molecule has 3 aliphatic heterocycles. The highest BCUT2D eigenvalue weighted by Gasteiger charge is 2.45. The van der Waals surface area contributed by atoms with Crippen LogP contribution in [0.5, 0.6) is 5.88 Å². The Labute approximate surface area is 210 Å². The zero-order chi connectivity index (χ0) is 25.5. The molecular weight excluding hydrogens is 482 g/mol. The summed E-state index contributed by atoms with van der Waals surface area (Å²) in [6.45, 7) is 0. The van der Waals surface area contributed by atoms with Crippen molar-refractivity contribution in [3.05, 3.63) is 64.1 Å². The van der Waals surface area contributed by atoms with Gasteiger partial charge in [-0.25, -0.2) is 18.7 Å². The molecule has 0 spiro atoms. The van der Waals surface area contributed by atoms with Crippen LogP contribution >= 0.6 is 0 Å². The molecule has 2 aromatic heterocycles. The standard InChI is InChI=1S/C27H22F2N4O4/c28-15-10-19-23(36-37-26(19)31-12-15)22-21(24(30)34)32-25-18-9-13(3-6-27(35)4-1-2-5-27)20(29)11-17(18)14-7-16(8-14)33(22)25/h9-12,14,16,23,35H,1-2,4-5,7-8H2,(H2,30,34)/t14?,16?,23-/m0/s1. The lowest BCUT2D eigenvalue weighted by molar-refractivity contribution is -0.216. The number of imidazole rings is 1. The number of amides is 1. The fourth-order valence-corrected chi connectivity index (χ4v) is 6.01. The van der Waals surface area contributed by atoms with Crippen LogP contribution in [0, 0.1) is 23.5 Å². The van der Waals surface area contributed by atoms with Crippen molar-refractivity contribution in [1.82, 2.24) is 14.5 Å². The van der Waals surface area contributed by atoms with E-state index in [2.05, 4.69) is 21.8 Å². The lowest BCUT2D eigenvalue weighted by Crippen LogP contribution is -2.27. The Balaban J connectivity index is 1.41. The number of benzene rings is 1. The average molecular weight is 504 g/mol. The second kappa shape index (κ2) is 7.84. The van der Waals surface area contributed by atoms with Crippen molar-refractivity contribution < 1.29 is 28.5 Å². The molecule has 3 N–H and O–H groups in total. The molecule has 2 aliphatic carbocycles. The zero-order valence-corrected chi connectivity index (χ0v) is 19.6. The van der Waals surface area contributed by atoms with Gasteiger partial charge in [0, 0.05) is 11.6 Å². The third-order valence-corrected chi connectivity index (χ3v) is 7.94. The zero-order valence-electron chi connectivity index (χ0n) is 19.6. The Morgan fingerprint density at radius 2 is 1.97 bits per heavy atom. The molecule has 8 rings (SSSR count). The van der Waals surface area contributed by atoms with Crippen molar-refractivity contribution in [3.8, 4) is 29.1 Å². The highest BCUT2D eigenvalue weighted by molar-refractivity contribution is 5.93. The van der Waals surface area contributed by atoms with Crippen molar-refractivity contribution in [1.29, 1.82) is 0 Å². The van der Waals surface area contributed by atoms with E-state index in [0.717, 1.165) is 24.6 Å². The maximum absolute atomic E-state index is 15.2. The van der Waals surface area contributed by atoms with Crippen LogP contribution in [-0.2, 0) is 4.89 Å². The van der Waals surface area contributed by atoms with E-state index in [1.165, 1.54) is 12.1 Å². The molecule has 5 heterocycles. The summed E-state index contributed by atoms with van der Waals surface area (Å²) in [4.78, 5) is 31.8. The van der Waals surface area contributed by atoms with Gasteiger partial charge in [0.2, 0.25) is 0 Å². The fourth-order valence-electron chi connectivity index (χ4n) is 6.01. The molecule has 1 aromatic carbocycles. The number of hydrogen-bond acceptors (Lipinski definition) is 6. The number of halogens is 2. The summed E-state index contributed by atoms with van der Waals surface area (Å²) in [5, 5.41) is 10.6. The Kier molecular flexibility index (Phi) is 4.75. The molecule has 188 valence electrons. The third kappa shape index (κ3) is 3.38. The van der Waals surface area contributed by atoms with Crippen LogP contribution in [0.3, 0.4) is 0 Å². The van der Waals surface area contributed by atoms with Crippen LogP contribution < -0.4 is 10.6 Å². The minimum absolute atomic E-state index is 0.0331. The average Bonchev–Trinajstić information content (AvgIpc) is 3.51. The Morgan fingerprint density at radius 3 is 2.73 bits per heavy atom. The maximum Gasteiger partial charge on any atom is 0.269 e. The summed E-state index contributed by atoms with van der Waals surface area (Å²) < 4.78 is 31.1. The number of rotatable bonds is 2. The van der Waals surface area contributed by atoms with Crippen LogP contribution in [0.25, 0.3) is 11.4 Å². The van der Waals surface area contributed by atoms with Crippen molar-refractivity contribution in [3.63, 3.8) is 0 Å². The third-order valence-electron chi connectivity index (χ3n) is 7.94. The van der Waals surface area contributed by atoms with E-state index in [4.69, 9.17) is 15.5 Å². The predicted molar refractivity (Wildman–Crippen MR) is 125 cm³/mol. The van der Waals surface area contributed by atoms with Gasteiger partial charge in [-0.2, -0.15) is 4.89 Å². The molecule has 3 aromatic rings. The van der Waals surface area contributed by atoms with Gasteiger partial charge in [-0.15, -0.1) is 0 Å². The summed E-state index contributed by atoms with van der Waals surface area (Å²) in [5.41, 5.74) is 6.83. The Morgan fingerprint density at radius 1 is 1.19 bits per heavy atom. The molecule has 2 saturated carbocycles. The quantitative estimate of drug-likeness (QED) is 0.405. The van der Waals surface area contributed by atoms with E-state index in [-0.39, 0.29) is 29.1 Å². The molecule has 1 atom stereocenters. The summed E-state index contributed by atoms with van der Waals surface area (Å²) in [6, 6.07) is 4.31. The summed E-state index contributed by atoms with van der Waals surface area (Å²) in [6.07, 6.45) is 4.33.